The Hall–Kier alpha value is -1.46. The van der Waals surface area contributed by atoms with Gasteiger partial charge in [-0.2, -0.15) is 18.2 Å². The van der Waals surface area contributed by atoms with Crippen molar-refractivity contribution in [2.75, 3.05) is 12.8 Å². The van der Waals surface area contributed by atoms with Gasteiger partial charge in [0.1, 0.15) is 5.82 Å². The molecule has 0 amide bonds. The van der Waals surface area contributed by atoms with E-state index in [1.54, 1.807) is 0 Å². The van der Waals surface area contributed by atoms with E-state index < -0.39 is 17.6 Å². The Labute approximate surface area is 72.3 Å². The highest BCUT2D eigenvalue weighted by Crippen LogP contribution is 2.33. The van der Waals surface area contributed by atoms with Crippen molar-refractivity contribution < 1.29 is 17.9 Å². The molecule has 6 heteroatoms. The van der Waals surface area contributed by atoms with E-state index in [9.17, 15) is 13.2 Å². The van der Waals surface area contributed by atoms with Gasteiger partial charge in [-0.3, -0.25) is 0 Å². The van der Waals surface area contributed by atoms with Gasteiger partial charge in [-0.25, -0.2) is 0 Å². The number of hydrogen-bond donors (Lipinski definition) is 1. The van der Waals surface area contributed by atoms with E-state index in [2.05, 4.69) is 9.72 Å². The van der Waals surface area contributed by atoms with Gasteiger partial charge in [-0.15, -0.1) is 0 Å². The zero-order valence-electron chi connectivity index (χ0n) is 6.72. The topological polar surface area (TPSA) is 48.1 Å². The molecule has 3 nitrogen and oxygen atoms in total. The lowest BCUT2D eigenvalue weighted by atomic mass is 10.2. The number of nitrogens with two attached hydrogens (primary N) is 1. The Morgan fingerprint density at radius 3 is 2.38 bits per heavy atom. The van der Waals surface area contributed by atoms with Gasteiger partial charge >= 0.3 is 6.18 Å². The minimum absolute atomic E-state index is 0.0606. The molecule has 0 saturated heterocycles. The van der Waals surface area contributed by atoms with Crippen molar-refractivity contribution >= 4 is 5.82 Å². The Kier molecular flexibility index (Phi) is 2.31. The fourth-order valence-corrected chi connectivity index (χ4v) is 0.810. The third-order valence-corrected chi connectivity index (χ3v) is 1.41. The summed E-state index contributed by atoms with van der Waals surface area (Å²) in [6.45, 7) is 0. The first-order chi connectivity index (χ1) is 5.95. The van der Waals surface area contributed by atoms with Crippen molar-refractivity contribution in [1.82, 2.24) is 4.98 Å². The second-order valence-electron chi connectivity index (χ2n) is 2.28. The number of aromatic nitrogens is 1. The average molecular weight is 192 g/mol. The van der Waals surface area contributed by atoms with Gasteiger partial charge in [-0.1, -0.05) is 0 Å². The molecule has 1 heterocycles. The van der Waals surface area contributed by atoms with Crippen LogP contribution in [-0.2, 0) is 6.18 Å². The van der Waals surface area contributed by atoms with Crippen LogP contribution in [0.4, 0.5) is 19.0 Å². The van der Waals surface area contributed by atoms with Crippen LogP contribution >= 0.6 is 0 Å². The SMILES string of the molecule is COc1ccc(C(F)(F)F)c(N)n1. The van der Waals surface area contributed by atoms with E-state index in [4.69, 9.17) is 5.73 Å². The summed E-state index contributed by atoms with van der Waals surface area (Å²) in [7, 11) is 1.30. The van der Waals surface area contributed by atoms with Crippen LogP contribution in [0.3, 0.4) is 0 Å². The number of hydrogen-bond acceptors (Lipinski definition) is 3. The van der Waals surface area contributed by atoms with Gasteiger partial charge in [0.25, 0.3) is 0 Å². The molecule has 0 aromatic carbocycles. The number of halogens is 3. The van der Waals surface area contributed by atoms with Gasteiger partial charge in [0.2, 0.25) is 5.88 Å². The third-order valence-electron chi connectivity index (χ3n) is 1.41. The molecular formula is C7H7F3N2O. The first-order valence-corrected chi connectivity index (χ1v) is 3.33. The molecule has 0 atom stereocenters. The molecule has 0 fully saturated rings. The molecule has 0 aliphatic heterocycles. The molecule has 0 bridgehead atoms. The molecule has 1 rings (SSSR count). The van der Waals surface area contributed by atoms with E-state index in [1.165, 1.54) is 7.11 Å². The molecule has 0 aliphatic carbocycles. The molecule has 0 spiro atoms. The van der Waals surface area contributed by atoms with Gasteiger partial charge in [0, 0.05) is 6.07 Å². The lowest BCUT2D eigenvalue weighted by Crippen LogP contribution is -2.10. The number of nitrogen functional groups attached to an aromatic ring is 1. The molecule has 72 valence electrons. The zero-order chi connectivity index (χ0) is 10.1. The minimum Gasteiger partial charge on any atom is -0.481 e. The smallest absolute Gasteiger partial charge is 0.419 e. The van der Waals surface area contributed by atoms with E-state index in [0.29, 0.717) is 0 Å². The molecule has 2 N–H and O–H groups in total. The predicted molar refractivity (Wildman–Crippen MR) is 40.2 cm³/mol. The fraction of sp³-hybridized carbons (Fsp3) is 0.286. The Balaban J connectivity index is 3.13. The van der Waals surface area contributed by atoms with Gasteiger partial charge in [0.15, 0.2) is 0 Å². The number of methoxy groups -OCH3 is 1. The molecule has 1 aromatic rings. The summed E-state index contributed by atoms with van der Waals surface area (Å²) in [6.07, 6.45) is -4.47. The highest BCUT2D eigenvalue weighted by atomic mass is 19.4. The quantitative estimate of drug-likeness (QED) is 0.736. The summed E-state index contributed by atoms with van der Waals surface area (Å²) in [5.74, 6) is -0.516. The second kappa shape index (κ2) is 3.12. The number of pyridine rings is 1. The van der Waals surface area contributed by atoms with E-state index in [-0.39, 0.29) is 5.88 Å². The summed E-state index contributed by atoms with van der Waals surface area (Å²) >= 11 is 0. The highest BCUT2D eigenvalue weighted by Gasteiger charge is 2.33. The van der Waals surface area contributed by atoms with Crippen molar-refractivity contribution in [3.63, 3.8) is 0 Å². The first kappa shape index (κ1) is 9.63. The lowest BCUT2D eigenvalue weighted by molar-refractivity contribution is -0.137. The Bertz CT molecular complexity index is 311. The van der Waals surface area contributed by atoms with Crippen LogP contribution < -0.4 is 10.5 Å². The van der Waals surface area contributed by atoms with E-state index in [1.807, 2.05) is 0 Å². The van der Waals surface area contributed by atoms with Crippen LogP contribution in [-0.4, -0.2) is 12.1 Å². The van der Waals surface area contributed by atoms with Crippen molar-refractivity contribution in [2.24, 2.45) is 0 Å². The first-order valence-electron chi connectivity index (χ1n) is 3.33. The van der Waals surface area contributed by atoms with Gasteiger partial charge in [-0.05, 0) is 6.07 Å². The summed E-state index contributed by atoms with van der Waals surface area (Å²) in [5.41, 5.74) is 4.12. The molecule has 1 aromatic heterocycles. The number of alkyl halides is 3. The van der Waals surface area contributed by atoms with Crippen LogP contribution in [0.2, 0.25) is 0 Å². The van der Waals surface area contributed by atoms with Crippen molar-refractivity contribution in [3.8, 4) is 5.88 Å². The van der Waals surface area contributed by atoms with Crippen molar-refractivity contribution in [1.29, 1.82) is 0 Å². The summed E-state index contributed by atoms with van der Waals surface area (Å²) in [5, 5.41) is 0. The standard InChI is InChI=1S/C7H7F3N2O/c1-13-5-3-2-4(6(11)12-5)7(8,9)10/h2-3H,1H3,(H2,11,12). The Morgan fingerprint density at radius 2 is 2.00 bits per heavy atom. The van der Waals surface area contributed by atoms with Crippen LogP contribution in [0.25, 0.3) is 0 Å². The van der Waals surface area contributed by atoms with E-state index in [0.717, 1.165) is 12.1 Å². The number of nitrogens with zero attached hydrogens (tertiary/aromatic N) is 1. The third kappa shape index (κ3) is 2.01. The van der Waals surface area contributed by atoms with Crippen LogP contribution in [0.15, 0.2) is 12.1 Å². The van der Waals surface area contributed by atoms with Gasteiger partial charge < -0.3 is 10.5 Å². The summed E-state index contributed by atoms with van der Waals surface area (Å²) in [6, 6.07) is 1.94. The summed E-state index contributed by atoms with van der Waals surface area (Å²) < 4.78 is 41.0. The zero-order valence-corrected chi connectivity index (χ0v) is 6.72. The number of ether oxygens (including phenoxy) is 1. The van der Waals surface area contributed by atoms with E-state index >= 15 is 0 Å². The molecule has 0 saturated carbocycles. The maximum atomic E-state index is 12.1. The van der Waals surface area contributed by atoms with Crippen LogP contribution in [0, 0.1) is 0 Å². The van der Waals surface area contributed by atoms with Crippen LogP contribution in [0.5, 0.6) is 5.88 Å². The number of anilines is 1. The van der Waals surface area contributed by atoms with Crippen LogP contribution in [0.1, 0.15) is 5.56 Å². The molecule has 13 heavy (non-hydrogen) atoms. The molecule has 0 unspecified atom stereocenters. The Morgan fingerprint density at radius 1 is 1.38 bits per heavy atom. The van der Waals surface area contributed by atoms with Gasteiger partial charge in [0.05, 0.1) is 12.7 Å². The fourth-order valence-electron chi connectivity index (χ4n) is 0.810. The van der Waals surface area contributed by atoms with Crippen molar-refractivity contribution in [2.45, 2.75) is 6.18 Å². The maximum Gasteiger partial charge on any atom is 0.419 e. The number of rotatable bonds is 1. The average Bonchev–Trinajstić information content (AvgIpc) is 2.01. The second-order valence-corrected chi connectivity index (χ2v) is 2.28. The normalized spacial score (nSPS) is 11.4. The lowest BCUT2D eigenvalue weighted by Gasteiger charge is -2.09. The molecule has 0 aliphatic rings. The minimum atomic E-state index is -4.47. The monoisotopic (exact) mass is 192 g/mol. The highest BCUT2D eigenvalue weighted by molar-refractivity contribution is 5.43. The predicted octanol–water partition coefficient (Wildman–Crippen LogP) is 1.69. The molecular weight excluding hydrogens is 185 g/mol. The maximum absolute atomic E-state index is 12.1. The summed E-state index contributed by atoms with van der Waals surface area (Å²) in [4.78, 5) is 3.39. The largest absolute Gasteiger partial charge is 0.481 e. The molecule has 0 radical (unpaired) electrons. The van der Waals surface area contributed by atoms with Crippen molar-refractivity contribution in [3.05, 3.63) is 17.7 Å².